The topological polar surface area (TPSA) is 63.6 Å². The number of aryl methyl sites for hydroxylation is 2. The van der Waals surface area contributed by atoms with Crippen molar-refractivity contribution in [2.45, 2.75) is 26.9 Å². The summed E-state index contributed by atoms with van der Waals surface area (Å²) in [6, 6.07) is 7.95. The summed E-state index contributed by atoms with van der Waals surface area (Å²) < 4.78 is 7.39. The Labute approximate surface area is 141 Å². The van der Waals surface area contributed by atoms with E-state index in [2.05, 4.69) is 9.88 Å². The van der Waals surface area contributed by atoms with Crippen LogP contribution in [-0.2, 0) is 9.53 Å². The Kier molecular flexibility index (Phi) is 4.29. The van der Waals surface area contributed by atoms with Gasteiger partial charge < -0.3 is 14.6 Å². The standard InChI is InChI=1S/C18H21N3O3/c1-12-8-15(9-13(2)17(12)20-6-4-5-7-20)21-11-16(24-18(21)23)10-19-14(3)22/h4-9,16H,10-11H2,1-3H3,(H,19,22)/t16-/m0/s1. The molecule has 1 aromatic carbocycles. The van der Waals surface area contributed by atoms with Gasteiger partial charge in [0.05, 0.1) is 18.8 Å². The molecule has 6 nitrogen and oxygen atoms in total. The van der Waals surface area contributed by atoms with Gasteiger partial charge in [0.2, 0.25) is 5.91 Å². The zero-order chi connectivity index (χ0) is 17.3. The number of aromatic nitrogens is 1. The monoisotopic (exact) mass is 327 g/mol. The lowest BCUT2D eigenvalue weighted by Crippen LogP contribution is -2.33. The average molecular weight is 327 g/mol. The van der Waals surface area contributed by atoms with E-state index in [1.165, 1.54) is 6.92 Å². The van der Waals surface area contributed by atoms with Crippen LogP contribution in [-0.4, -0.2) is 35.8 Å². The van der Waals surface area contributed by atoms with Crippen LogP contribution in [0.25, 0.3) is 5.69 Å². The van der Waals surface area contributed by atoms with E-state index in [1.807, 2.05) is 50.5 Å². The highest BCUT2D eigenvalue weighted by atomic mass is 16.6. The van der Waals surface area contributed by atoms with E-state index in [0.717, 1.165) is 22.5 Å². The van der Waals surface area contributed by atoms with Gasteiger partial charge in [0, 0.05) is 25.0 Å². The van der Waals surface area contributed by atoms with Crippen LogP contribution < -0.4 is 10.2 Å². The molecule has 1 aromatic heterocycles. The zero-order valence-electron chi connectivity index (χ0n) is 14.1. The summed E-state index contributed by atoms with van der Waals surface area (Å²) in [6.45, 7) is 6.27. The molecule has 1 aliphatic rings. The predicted molar refractivity (Wildman–Crippen MR) is 91.5 cm³/mol. The molecule has 2 heterocycles. The molecule has 2 aromatic rings. The van der Waals surface area contributed by atoms with Gasteiger partial charge in [0.1, 0.15) is 6.10 Å². The number of amides is 2. The van der Waals surface area contributed by atoms with Crippen LogP contribution in [0.1, 0.15) is 18.1 Å². The molecule has 1 N–H and O–H groups in total. The molecule has 3 rings (SSSR count). The summed E-state index contributed by atoms with van der Waals surface area (Å²) in [4.78, 5) is 24.8. The van der Waals surface area contributed by atoms with Crippen molar-refractivity contribution >= 4 is 17.7 Å². The highest BCUT2D eigenvalue weighted by Crippen LogP contribution is 2.28. The van der Waals surface area contributed by atoms with Crippen LogP contribution in [0.4, 0.5) is 10.5 Å². The molecule has 1 atom stereocenters. The van der Waals surface area contributed by atoms with Crippen LogP contribution in [0.5, 0.6) is 0 Å². The van der Waals surface area contributed by atoms with Crippen molar-refractivity contribution in [3.05, 3.63) is 47.8 Å². The van der Waals surface area contributed by atoms with Gasteiger partial charge in [-0.3, -0.25) is 9.69 Å². The summed E-state index contributed by atoms with van der Waals surface area (Å²) >= 11 is 0. The predicted octanol–water partition coefficient (Wildman–Crippen LogP) is 2.56. The van der Waals surface area contributed by atoms with Crippen LogP contribution in [0.15, 0.2) is 36.7 Å². The van der Waals surface area contributed by atoms with E-state index in [-0.39, 0.29) is 18.1 Å². The second-order valence-corrected chi connectivity index (χ2v) is 6.07. The molecule has 0 bridgehead atoms. The molecular formula is C18H21N3O3. The van der Waals surface area contributed by atoms with Gasteiger partial charge in [0.15, 0.2) is 0 Å². The van der Waals surface area contributed by atoms with Crippen molar-refractivity contribution in [1.29, 1.82) is 0 Å². The minimum absolute atomic E-state index is 0.132. The van der Waals surface area contributed by atoms with Gasteiger partial charge >= 0.3 is 6.09 Å². The van der Waals surface area contributed by atoms with Gasteiger partial charge in [-0.25, -0.2) is 4.79 Å². The summed E-state index contributed by atoms with van der Waals surface area (Å²) in [5.41, 5.74) is 4.10. The van der Waals surface area contributed by atoms with Crippen molar-refractivity contribution in [2.24, 2.45) is 0 Å². The smallest absolute Gasteiger partial charge is 0.414 e. The fourth-order valence-electron chi connectivity index (χ4n) is 3.08. The zero-order valence-corrected chi connectivity index (χ0v) is 14.1. The first-order chi connectivity index (χ1) is 11.5. The summed E-state index contributed by atoms with van der Waals surface area (Å²) in [7, 11) is 0. The molecule has 1 aliphatic heterocycles. The third-order valence-electron chi connectivity index (χ3n) is 4.10. The minimum atomic E-state index is -0.377. The number of carbonyl (C=O) groups excluding carboxylic acids is 2. The van der Waals surface area contributed by atoms with Gasteiger partial charge in [-0.05, 0) is 49.2 Å². The first kappa shape index (κ1) is 16.1. The SMILES string of the molecule is CC(=O)NC[C@H]1CN(c2cc(C)c(-n3cccc3)c(C)c2)C(=O)O1. The summed E-state index contributed by atoms with van der Waals surface area (Å²) in [5, 5.41) is 2.68. The van der Waals surface area contributed by atoms with E-state index in [9.17, 15) is 9.59 Å². The lowest BCUT2D eigenvalue weighted by Gasteiger charge is -2.18. The van der Waals surface area contributed by atoms with E-state index in [1.54, 1.807) is 4.90 Å². The van der Waals surface area contributed by atoms with Crippen molar-refractivity contribution in [1.82, 2.24) is 9.88 Å². The number of rotatable bonds is 4. The molecule has 2 amide bonds. The molecule has 0 spiro atoms. The second kappa shape index (κ2) is 6.39. The van der Waals surface area contributed by atoms with Crippen LogP contribution in [0, 0.1) is 13.8 Å². The lowest BCUT2D eigenvalue weighted by molar-refractivity contribution is -0.119. The molecule has 0 aliphatic carbocycles. The largest absolute Gasteiger partial charge is 0.442 e. The third kappa shape index (κ3) is 3.13. The highest BCUT2D eigenvalue weighted by molar-refractivity contribution is 5.90. The van der Waals surface area contributed by atoms with Crippen LogP contribution >= 0.6 is 0 Å². The summed E-state index contributed by atoms with van der Waals surface area (Å²) in [5.74, 6) is -0.132. The van der Waals surface area contributed by atoms with Crippen molar-refractivity contribution in [2.75, 3.05) is 18.0 Å². The van der Waals surface area contributed by atoms with E-state index in [4.69, 9.17) is 4.74 Å². The first-order valence-corrected chi connectivity index (χ1v) is 7.93. The van der Waals surface area contributed by atoms with E-state index in [0.29, 0.717) is 13.1 Å². The minimum Gasteiger partial charge on any atom is -0.442 e. The molecule has 1 fully saturated rings. The van der Waals surface area contributed by atoms with Crippen molar-refractivity contribution in [3.8, 4) is 5.69 Å². The number of anilines is 1. The Morgan fingerprint density at radius 1 is 1.25 bits per heavy atom. The highest BCUT2D eigenvalue weighted by Gasteiger charge is 2.32. The third-order valence-corrected chi connectivity index (χ3v) is 4.10. The fourth-order valence-corrected chi connectivity index (χ4v) is 3.08. The maximum atomic E-state index is 12.2. The molecule has 0 radical (unpaired) electrons. The Morgan fingerprint density at radius 3 is 2.46 bits per heavy atom. The average Bonchev–Trinajstić information content (AvgIpc) is 3.14. The van der Waals surface area contributed by atoms with Gasteiger partial charge in [-0.2, -0.15) is 0 Å². The molecule has 0 saturated carbocycles. The number of hydrogen-bond donors (Lipinski definition) is 1. The fraction of sp³-hybridized carbons (Fsp3) is 0.333. The number of ether oxygens (including phenoxy) is 1. The number of benzene rings is 1. The van der Waals surface area contributed by atoms with E-state index < -0.39 is 0 Å². The van der Waals surface area contributed by atoms with Gasteiger partial charge in [-0.1, -0.05) is 0 Å². The normalized spacial score (nSPS) is 17.0. The molecule has 24 heavy (non-hydrogen) atoms. The number of hydrogen-bond acceptors (Lipinski definition) is 3. The van der Waals surface area contributed by atoms with Crippen molar-refractivity contribution < 1.29 is 14.3 Å². The molecule has 1 saturated heterocycles. The maximum absolute atomic E-state index is 12.2. The number of nitrogens with one attached hydrogen (secondary N) is 1. The molecule has 6 heteroatoms. The number of cyclic esters (lactones) is 1. The maximum Gasteiger partial charge on any atom is 0.414 e. The Morgan fingerprint density at radius 2 is 1.88 bits per heavy atom. The number of carbonyl (C=O) groups is 2. The van der Waals surface area contributed by atoms with E-state index >= 15 is 0 Å². The van der Waals surface area contributed by atoms with Crippen LogP contribution in [0.3, 0.4) is 0 Å². The van der Waals surface area contributed by atoms with Crippen LogP contribution in [0.2, 0.25) is 0 Å². The summed E-state index contributed by atoms with van der Waals surface area (Å²) in [6.07, 6.45) is 3.30. The van der Waals surface area contributed by atoms with Crippen molar-refractivity contribution in [3.63, 3.8) is 0 Å². The molecule has 0 unspecified atom stereocenters. The van der Waals surface area contributed by atoms with Gasteiger partial charge in [-0.15, -0.1) is 0 Å². The second-order valence-electron chi connectivity index (χ2n) is 6.07. The first-order valence-electron chi connectivity index (χ1n) is 7.93. The Balaban J connectivity index is 1.83. The number of nitrogens with zero attached hydrogens (tertiary/aromatic N) is 2. The lowest BCUT2D eigenvalue weighted by atomic mass is 10.1. The van der Waals surface area contributed by atoms with Gasteiger partial charge in [0.25, 0.3) is 0 Å². The quantitative estimate of drug-likeness (QED) is 0.939. The molecule has 126 valence electrons. The molecular weight excluding hydrogens is 306 g/mol. The Hall–Kier alpha value is -2.76. The Bertz CT molecular complexity index is 745.